The summed E-state index contributed by atoms with van der Waals surface area (Å²) >= 11 is 2.67. The molecule has 6 rings (SSSR count). The summed E-state index contributed by atoms with van der Waals surface area (Å²) in [4.78, 5) is 72.7. The molecular formula is C46H51N7O9S2Si. The molecule has 1 fully saturated rings. The standard InChI is InChI=1S/C46H51N7O9S2Si/c1-31(65(3,4)5)61-42(56)45(2,27-36-30-64-43(49-36)52-46(33-15-9-6-10-16-33,34-17-11-7-12-18-34)35-19-13-8-14-20-35)62-48-28-38(54)50-39-40(55)51-41(39)63-26-25-47-44(57)60-29-32-21-23-37(24-22-32)53(58)59/h6-24,28,30-31,39,41H,25-27,29H2,1-5H3,(H,47,57)(H,49,52)(H,50,54)(H,51,55)/t31?,39-,41-,45?/m1/s1. The number of carbonyl (C=O) groups excluding carboxylic acids is 4. The second-order valence-corrected chi connectivity index (χ2v) is 24.1. The lowest BCUT2D eigenvalue weighted by Crippen LogP contribution is -2.68. The third-order valence-electron chi connectivity index (χ3n) is 10.7. The quantitative estimate of drug-likeness (QED) is 0.00843. The van der Waals surface area contributed by atoms with Gasteiger partial charge in [-0.3, -0.25) is 19.7 Å². The number of hydrogen-bond donors (Lipinski definition) is 4. The van der Waals surface area contributed by atoms with Crippen LogP contribution in [0, 0.1) is 10.1 Å². The summed E-state index contributed by atoms with van der Waals surface area (Å²) in [5.74, 6) is -1.43. The van der Waals surface area contributed by atoms with Crippen molar-refractivity contribution in [2.45, 2.75) is 74.8 Å². The van der Waals surface area contributed by atoms with Crippen LogP contribution in [-0.4, -0.2) is 83.1 Å². The van der Waals surface area contributed by atoms with Crippen molar-refractivity contribution in [1.82, 2.24) is 20.9 Å². The highest BCUT2D eigenvalue weighted by Gasteiger charge is 2.43. The van der Waals surface area contributed by atoms with E-state index in [4.69, 9.17) is 19.3 Å². The van der Waals surface area contributed by atoms with Gasteiger partial charge in [0.25, 0.3) is 11.6 Å². The van der Waals surface area contributed by atoms with Crippen LogP contribution >= 0.6 is 23.1 Å². The summed E-state index contributed by atoms with van der Waals surface area (Å²) < 4.78 is 11.1. The molecule has 65 heavy (non-hydrogen) atoms. The highest BCUT2D eigenvalue weighted by atomic mass is 32.2. The zero-order valence-electron chi connectivity index (χ0n) is 36.5. The van der Waals surface area contributed by atoms with E-state index in [0.29, 0.717) is 22.1 Å². The molecular weight excluding hydrogens is 887 g/mol. The fourth-order valence-corrected chi connectivity index (χ4v) is 8.89. The van der Waals surface area contributed by atoms with Crippen LogP contribution in [0.2, 0.25) is 19.6 Å². The number of alkyl carbamates (subject to hydrolysis) is 1. The molecule has 0 saturated carbocycles. The number of esters is 1. The number of oxime groups is 1. The number of benzene rings is 4. The van der Waals surface area contributed by atoms with Gasteiger partial charge in [-0.25, -0.2) is 14.6 Å². The Morgan fingerprint density at radius 2 is 1.54 bits per heavy atom. The number of aromatic nitrogens is 1. The van der Waals surface area contributed by atoms with Gasteiger partial charge in [0.1, 0.15) is 29.8 Å². The molecule has 19 heteroatoms. The lowest BCUT2D eigenvalue weighted by molar-refractivity contribution is -0.384. The zero-order chi connectivity index (χ0) is 46.6. The monoisotopic (exact) mass is 937 g/mol. The van der Waals surface area contributed by atoms with Crippen molar-refractivity contribution in [3.63, 3.8) is 0 Å². The normalized spacial score (nSPS) is 16.2. The number of anilines is 1. The van der Waals surface area contributed by atoms with Crippen molar-refractivity contribution in [3.8, 4) is 0 Å². The van der Waals surface area contributed by atoms with Gasteiger partial charge in [-0.15, -0.1) is 23.1 Å². The number of nitro benzene ring substituents is 1. The molecule has 0 radical (unpaired) electrons. The van der Waals surface area contributed by atoms with Crippen LogP contribution < -0.4 is 21.3 Å². The molecule has 1 aliphatic heterocycles. The van der Waals surface area contributed by atoms with Crippen molar-refractivity contribution in [2.24, 2.45) is 5.16 Å². The highest BCUT2D eigenvalue weighted by Crippen LogP contribution is 2.41. The number of nitrogens with one attached hydrogen (secondary N) is 4. The highest BCUT2D eigenvalue weighted by molar-refractivity contribution is 8.00. The minimum absolute atomic E-state index is 0.0429. The Morgan fingerprint density at radius 1 is 0.954 bits per heavy atom. The molecule has 2 heterocycles. The number of hydrogen-bond acceptors (Lipinski definition) is 14. The van der Waals surface area contributed by atoms with Crippen molar-refractivity contribution in [3.05, 3.63) is 159 Å². The van der Waals surface area contributed by atoms with Crippen molar-refractivity contribution in [2.75, 3.05) is 17.6 Å². The number of thioether (sulfide) groups is 1. The first-order valence-corrected chi connectivity index (χ1v) is 26.3. The summed E-state index contributed by atoms with van der Waals surface area (Å²) in [6, 6.07) is 35.1. The molecule has 16 nitrogen and oxygen atoms in total. The molecule has 5 aromatic rings. The first-order valence-electron chi connectivity index (χ1n) is 20.8. The number of β-lactam (4-membered cyclic amide) rings is 1. The average Bonchev–Trinajstić information content (AvgIpc) is 3.74. The lowest BCUT2D eigenvalue weighted by Gasteiger charge is -2.36. The molecule has 1 saturated heterocycles. The van der Waals surface area contributed by atoms with E-state index in [9.17, 15) is 29.3 Å². The Balaban J connectivity index is 1.09. The molecule has 3 amide bonds. The van der Waals surface area contributed by atoms with E-state index in [1.807, 2.05) is 66.9 Å². The SMILES string of the molecule is CC(OC(=O)C(C)(Cc1csc(NC(c2ccccc2)(c2ccccc2)c2ccccc2)n1)ON=CC(=O)N[C@@H]1C(=O)N[C@@H]1SCCNC(=O)OCc1ccc([N+](=O)[O-])cc1)[Si](C)(C)C. The summed E-state index contributed by atoms with van der Waals surface area (Å²) in [7, 11) is -1.94. The molecule has 4 atom stereocenters. The first kappa shape index (κ1) is 47.9. The molecule has 0 spiro atoms. The molecule has 1 aromatic heterocycles. The van der Waals surface area contributed by atoms with E-state index in [1.165, 1.54) is 47.4 Å². The van der Waals surface area contributed by atoms with Crippen LogP contribution in [-0.2, 0) is 47.3 Å². The van der Waals surface area contributed by atoms with E-state index in [1.54, 1.807) is 6.92 Å². The summed E-state index contributed by atoms with van der Waals surface area (Å²) in [6.07, 6.45) is 0.140. The van der Waals surface area contributed by atoms with Gasteiger partial charge in [0.05, 0.1) is 24.4 Å². The Hall–Kier alpha value is -6.57. The topological polar surface area (TPSA) is 212 Å². The number of thiazole rings is 1. The van der Waals surface area contributed by atoms with Gasteiger partial charge in [-0.2, -0.15) is 0 Å². The fourth-order valence-electron chi connectivity index (χ4n) is 6.60. The number of nitro groups is 1. The number of amides is 3. The van der Waals surface area contributed by atoms with Crippen LogP contribution in [0.4, 0.5) is 15.6 Å². The Bertz CT molecular complexity index is 2360. The van der Waals surface area contributed by atoms with Gasteiger partial charge >= 0.3 is 12.1 Å². The molecule has 1 aliphatic rings. The number of rotatable bonds is 21. The Morgan fingerprint density at radius 3 is 2.08 bits per heavy atom. The second kappa shape index (κ2) is 21.4. The second-order valence-electron chi connectivity index (χ2n) is 16.5. The van der Waals surface area contributed by atoms with E-state index < -0.39 is 59.4 Å². The average molecular weight is 938 g/mol. The van der Waals surface area contributed by atoms with Gasteiger partial charge in [-0.05, 0) is 48.2 Å². The third kappa shape index (κ3) is 12.4. The van der Waals surface area contributed by atoms with Gasteiger partial charge in [0, 0.05) is 36.2 Å². The fraction of sp³-hybridized carbons (Fsp3) is 0.304. The molecule has 2 unspecified atom stereocenters. The minimum Gasteiger partial charge on any atom is -0.464 e. The van der Waals surface area contributed by atoms with Gasteiger partial charge < -0.3 is 35.6 Å². The molecule has 0 bridgehead atoms. The Kier molecular flexibility index (Phi) is 15.8. The number of nitrogens with zero attached hydrogens (tertiary/aromatic N) is 3. The van der Waals surface area contributed by atoms with Crippen LogP contribution in [0.25, 0.3) is 0 Å². The number of carbonyl (C=O) groups is 4. The van der Waals surface area contributed by atoms with Gasteiger partial charge in [0.15, 0.2) is 5.13 Å². The predicted molar refractivity (Wildman–Crippen MR) is 253 cm³/mol. The third-order valence-corrected chi connectivity index (χ3v) is 15.3. The van der Waals surface area contributed by atoms with Gasteiger partial charge in [0.2, 0.25) is 11.5 Å². The summed E-state index contributed by atoms with van der Waals surface area (Å²) in [6.45, 7) is 9.78. The summed E-state index contributed by atoms with van der Waals surface area (Å²) in [5, 5.41) is 28.4. The Labute approximate surface area is 386 Å². The predicted octanol–water partition coefficient (Wildman–Crippen LogP) is 7.17. The van der Waals surface area contributed by atoms with Gasteiger partial charge in [-0.1, -0.05) is 116 Å². The maximum absolute atomic E-state index is 14.0. The molecule has 4 aromatic carbocycles. The van der Waals surface area contributed by atoms with E-state index in [-0.39, 0.29) is 31.0 Å². The maximum Gasteiger partial charge on any atom is 0.407 e. The van der Waals surface area contributed by atoms with Crippen LogP contribution in [0.15, 0.2) is 126 Å². The van der Waals surface area contributed by atoms with Crippen molar-refractivity contribution in [1.29, 1.82) is 0 Å². The molecule has 4 N–H and O–H groups in total. The largest absolute Gasteiger partial charge is 0.464 e. The number of non-ortho nitro benzene ring substituents is 1. The van der Waals surface area contributed by atoms with E-state index >= 15 is 0 Å². The van der Waals surface area contributed by atoms with Crippen LogP contribution in [0.3, 0.4) is 0 Å². The minimum atomic E-state index is -1.94. The van der Waals surface area contributed by atoms with Crippen LogP contribution in [0.1, 0.15) is 41.8 Å². The van der Waals surface area contributed by atoms with Crippen LogP contribution in [0.5, 0.6) is 0 Å². The smallest absolute Gasteiger partial charge is 0.407 e. The van der Waals surface area contributed by atoms with Crippen molar-refractivity contribution >= 4 is 72.1 Å². The molecule has 340 valence electrons. The molecule has 0 aliphatic carbocycles. The van der Waals surface area contributed by atoms with E-state index in [0.717, 1.165) is 22.9 Å². The zero-order valence-corrected chi connectivity index (χ0v) is 39.2. The van der Waals surface area contributed by atoms with Crippen molar-refractivity contribution < 1.29 is 38.4 Å². The summed E-state index contributed by atoms with van der Waals surface area (Å²) in [5.41, 5.74) is 1.14. The maximum atomic E-state index is 14.0. The number of ether oxygens (including phenoxy) is 2. The first-order chi connectivity index (χ1) is 31.1. The van der Waals surface area contributed by atoms with E-state index in [2.05, 4.69) is 82.5 Å². The lowest BCUT2D eigenvalue weighted by atomic mass is 9.77.